The number of nitrogens with one attached hydrogen (secondary N) is 3. The Bertz CT molecular complexity index is 826. The molecule has 0 spiro atoms. The summed E-state index contributed by atoms with van der Waals surface area (Å²) in [5.74, 6) is -0.0471. The molecular weight excluding hydrogens is 350 g/mol. The van der Waals surface area contributed by atoms with Crippen LogP contribution in [0.3, 0.4) is 0 Å². The Morgan fingerprint density at radius 1 is 1.18 bits per heavy atom. The molecule has 0 saturated carbocycles. The topological polar surface area (TPSA) is 73.0 Å². The van der Waals surface area contributed by atoms with E-state index in [0.717, 1.165) is 56.7 Å². The van der Waals surface area contributed by atoms with Gasteiger partial charge in [0.15, 0.2) is 5.69 Å². The number of rotatable bonds is 3. The largest absolute Gasteiger partial charge is 0.371 e. The summed E-state index contributed by atoms with van der Waals surface area (Å²) in [5.41, 5.74) is 5.48. The van der Waals surface area contributed by atoms with Gasteiger partial charge in [-0.25, -0.2) is 0 Å². The molecule has 0 bridgehead atoms. The lowest BCUT2D eigenvalue weighted by Gasteiger charge is -2.34. The van der Waals surface area contributed by atoms with Crippen molar-refractivity contribution in [2.24, 2.45) is 0 Å². The summed E-state index contributed by atoms with van der Waals surface area (Å²) in [5, 5.41) is 13.8. The summed E-state index contributed by atoms with van der Waals surface area (Å²) < 4.78 is 0. The first-order valence-corrected chi connectivity index (χ1v) is 10.3. The van der Waals surface area contributed by atoms with Crippen molar-refractivity contribution < 1.29 is 4.79 Å². The third-order valence-corrected chi connectivity index (χ3v) is 5.95. The van der Waals surface area contributed by atoms with Crippen molar-refractivity contribution in [3.05, 3.63) is 46.8 Å². The van der Waals surface area contributed by atoms with Crippen LogP contribution in [0.25, 0.3) is 0 Å². The standard InChI is InChI=1S/C22H31N5O/c1-22(2,3)15-4-6-17(7-5-15)27-12-9-16(10-13-27)24-21(28)20-18-14-23-11-8-19(18)25-26-20/h4-7,16,23H,8-14H2,1-3H3,(H,24,28)(H,25,26). The number of benzene rings is 1. The molecule has 3 heterocycles. The van der Waals surface area contributed by atoms with Crippen molar-refractivity contribution in [1.82, 2.24) is 20.8 Å². The number of H-pyrrole nitrogens is 1. The average Bonchev–Trinajstić information content (AvgIpc) is 3.12. The summed E-state index contributed by atoms with van der Waals surface area (Å²) in [6.45, 7) is 10.3. The first-order valence-electron chi connectivity index (χ1n) is 10.3. The SMILES string of the molecule is CC(C)(C)c1ccc(N2CCC(NC(=O)c3n[nH]c4c3CNCC4)CC2)cc1. The monoisotopic (exact) mass is 381 g/mol. The Labute approximate surface area is 167 Å². The molecule has 0 aliphatic carbocycles. The highest BCUT2D eigenvalue weighted by atomic mass is 16.2. The summed E-state index contributed by atoms with van der Waals surface area (Å²) in [6.07, 6.45) is 2.82. The van der Waals surface area contributed by atoms with Crippen LogP contribution in [0.4, 0.5) is 5.69 Å². The Hall–Kier alpha value is -2.34. The molecule has 150 valence electrons. The van der Waals surface area contributed by atoms with Gasteiger partial charge < -0.3 is 15.5 Å². The van der Waals surface area contributed by atoms with Crippen molar-refractivity contribution in [1.29, 1.82) is 0 Å². The molecule has 0 atom stereocenters. The van der Waals surface area contributed by atoms with Gasteiger partial charge in [-0.1, -0.05) is 32.9 Å². The molecule has 1 aromatic heterocycles. The maximum atomic E-state index is 12.7. The van der Waals surface area contributed by atoms with Crippen LogP contribution in [0.15, 0.2) is 24.3 Å². The van der Waals surface area contributed by atoms with Gasteiger partial charge in [0, 0.05) is 55.6 Å². The van der Waals surface area contributed by atoms with Crippen LogP contribution >= 0.6 is 0 Å². The normalized spacial score (nSPS) is 18.0. The number of aromatic amines is 1. The van der Waals surface area contributed by atoms with Gasteiger partial charge in [0.1, 0.15) is 0 Å². The van der Waals surface area contributed by atoms with Gasteiger partial charge in [0.25, 0.3) is 5.91 Å². The minimum atomic E-state index is -0.0471. The summed E-state index contributed by atoms with van der Waals surface area (Å²) in [4.78, 5) is 15.1. The summed E-state index contributed by atoms with van der Waals surface area (Å²) >= 11 is 0. The maximum absolute atomic E-state index is 12.7. The van der Waals surface area contributed by atoms with Gasteiger partial charge in [-0.05, 0) is 36.0 Å². The fraction of sp³-hybridized carbons (Fsp3) is 0.545. The van der Waals surface area contributed by atoms with Crippen LogP contribution in [0.2, 0.25) is 0 Å². The molecule has 1 aromatic carbocycles. The van der Waals surface area contributed by atoms with E-state index in [4.69, 9.17) is 0 Å². The highest BCUT2D eigenvalue weighted by Crippen LogP contribution is 2.26. The third kappa shape index (κ3) is 3.92. The number of aromatic nitrogens is 2. The molecule has 4 rings (SSSR count). The lowest BCUT2D eigenvalue weighted by molar-refractivity contribution is 0.0925. The van der Waals surface area contributed by atoms with Crippen LogP contribution < -0.4 is 15.5 Å². The van der Waals surface area contributed by atoms with E-state index in [1.807, 2.05) is 0 Å². The molecule has 2 aromatic rings. The second-order valence-electron chi connectivity index (χ2n) is 8.99. The van der Waals surface area contributed by atoms with Gasteiger partial charge in [-0.2, -0.15) is 5.10 Å². The van der Waals surface area contributed by atoms with Crippen molar-refractivity contribution in [3.8, 4) is 0 Å². The number of piperidine rings is 1. The van der Waals surface area contributed by atoms with Crippen LogP contribution in [0.1, 0.15) is 60.9 Å². The van der Waals surface area contributed by atoms with E-state index in [-0.39, 0.29) is 17.4 Å². The molecule has 1 amide bonds. The van der Waals surface area contributed by atoms with Crippen LogP contribution in [0.5, 0.6) is 0 Å². The summed E-state index contributed by atoms with van der Waals surface area (Å²) in [7, 11) is 0. The minimum absolute atomic E-state index is 0.0471. The van der Waals surface area contributed by atoms with Crippen LogP contribution in [0, 0.1) is 0 Å². The highest BCUT2D eigenvalue weighted by molar-refractivity contribution is 5.94. The second kappa shape index (κ2) is 7.59. The van der Waals surface area contributed by atoms with Gasteiger partial charge in [-0.3, -0.25) is 9.89 Å². The number of anilines is 1. The molecule has 1 saturated heterocycles. The number of fused-ring (bicyclic) bond motifs is 1. The Morgan fingerprint density at radius 2 is 1.89 bits per heavy atom. The highest BCUT2D eigenvalue weighted by Gasteiger charge is 2.26. The van der Waals surface area contributed by atoms with E-state index in [1.165, 1.54) is 11.3 Å². The average molecular weight is 382 g/mol. The predicted octanol–water partition coefficient (Wildman–Crippen LogP) is 2.75. The van der Waals surface area contributed by atoms with E-state index in [2.05, 4.69) is 70.8 Å². The lowest BCUT2D eigenvalue weighted by Crippen LogP contribution is -2.45. The number of amides is 1. The molecule has 28 heavy (non-hydrogen) atoms. The van der Waals surface area contributed by atoms with E-state index in [1.54, 1.807) is 0 Å². The van der Waals surface area contributed by atoms with E-state index < -0.39 is 0 Å². The fourth-order valence-electron chi connectivity index (χ4n) is 4.12. The van der Waals surface area contributed by atoms with E-state index >= 15 is 0 Å². The molecule has 3 N–H and O–H groups in total. The predicted molar refractivity (Wildman–Crippen MR) is 112 cm³/mol. The van der Waals surface area contributed by atoms with Crippen molar-refractivity contribution >= 4 is 11.6 Å². The maximum Gasteiger partial charge on any atom is 0.272 e. The zero-order valence-electron chi connectivity index (χ0n) is 17.1. The summed E-state index contributed by atoms with van der Waals surface area (Å²) in [6, 6.07) is 9.13. The van der Waals surface area contributed by atoms with Crippen molar-refractivity contribution in [2.45, 2.75) is 58.0 Å². The Balaban J connectivity index is 1.33. The first-order chi connectivity index (χ1) is 13.4. The van der Waals surface area contributed by atoms with Gasteiger partial charge in [-0.15, -0.1) is 0 Å². The Morgan fingerprint density at radius 3 is 2.57 bits per heavy atom. The van der Waals surface area contributed by atoms with Crippen molar-refractivity contribution in [3.63, 3.8) is 0 Å². The quantitative estimate of drug-likeness (QED) is 0.764. The van der Waals surface area contributed by atoms with Gasteiger partial charge in [0.05, 0.1) is 0 Å². The Kier molecular flexibility index (Phi) is 5.15. The number of carbonyl (C=O) groups excluding carboxylic acids is 1. The van der Waals surface area contributed by atoms with Gasteiger partial charge >= 0.3 is 0 Å². The molecule has 2 aliphatic rings. The fourth-order valence-corrected chi connectivity index (χ4v) is 4.12. The van der Waals surface area contributed by atoms with Crippen molar-refractivity contribution in [2.75, 3.05) is 24.5 Å². The number of hydrogen-bond acceptors (Lipinski definition) is 4. The molecular formula is C22H31N5O. The zero-order chi connectivity index (χ0) is 19.7. The molecule has 2 aliphatic heterocycles. The van der Waals surface area contributed by atoms with Gasteiger partial charge in [0.2, 0.25) is 0 Å². The molecule has 1 fully saturated rings. The molecule has 6 heteroatoms. The smallest absolute Gasteiger partial charge is 0.272 e. The molecule has 0 radical (unpaired) electrons. The number of carbonyl (C=O) groups is 1. The minimum Gasteiger partial charge on any atom is -0.371 e. The molecule has 6 nitrogen and oxygen atoms in total. The van der Waals surface area contributed by atoms with E-state index in [0.29, 0.717) is 5.69 Å². The zero-order valence-corrected chi connectivity index (χ0v) is 17.1. The van der Waals surface area contributed by atoms with Crippen LogP contribution in [-0.2, 0) is 18.4 Å². The first kappa shape index (κ1) is 19.0. The molecule has 0 unspecified atom stereocenters. The number of nitrogens with zero attached hydrogens (tertiary/aromatic N) is 2. The van der Waals surface area contributed by atoms with E-state index in [9.17, 15) is 4.79 Å². The third-order valence-electron chi connectivity index (χ3n) is 5.95. The second-order valence-corrected chi connectivity index (χ2v) is 8.99. The van der Waals surface area contributed by atoms with Crippen LogP contribution in [-0.4, -0.2) is 41.8 Å². The number of hydrogen-bond donors (Lipinski definition) is 3. The lowest BCUT2D eigenvalue weighted by atomic mass is 9.87.